The molecule has 2 heterocycles. The summed E-state index contributed by atoms with van der Waals surface area (Å²) in [4.78, 5) is 27.6. The molecule has 1 aromatic heterocycles. The molecule has 6 heteroatoms. The first-order valence-electron chi connectivity index (χ1n) is 6.91. The highest BCUT2D eigenvalue weighted by Crippen LogP contribution is 2.18. The van der Waals surface area contributed by atoms with Crippen LogP contribution in [-0.4, -0.2) is 39.8 Å². The maximum Gasteiger partial charge on any atom is 0.265 e. The monoisotopic (exact) mass is 328 g/mol. The van der Waals surface area contributed by atoms with Crippen molar-refractivity contribution in [1.82, 2.24) is 9.80 Å². The number of nitrogens with zero attached hydrogens (tertiary/aromatic N) is 2. The smallest absolute Gasteiger partial charge is 0.265 e. The summed E-state index contributed by atoms with van der Waals surface area (Å²) >= 11 is 5.22. The topological polar surface area (TPSA) is 53.8 Å². The van der Waals surface area contributed by atoms with Crippen LogP contribution in [0, 0.1) is 0 Å². The minimum Gasteiger partial charge on any atom is -0.465 e. The van der Waals surface area contributed by atoms with Crippen molar-refractivity contribution in [2.45, 2.75) is 0 Å². The van der Waals surface area contributed by atoms with Gasteiger partial charge in [-0.15, -0.1) is 13.2 Å². The Kier molecular flexibility index (Phi) is 5.43. The molecule has 1 aliphatic rings. The molecule has 0 aliphatic carbocycles. The van der Waals surface area contributed by atoms with E-state index in [0.29, 0.717) is 5.76 Å². The molecule has 0 radical (unpaired) electrons. The molecule has 118 valence electrons. The van der Waals surface area contributed by atoms with Crippen LogP contribution in [0.2, 0.25) is 0 Å². The molecule has 5 nitrogen and oxygen atoms in total. The van der Waals surface area contributed by atoms with E-state index < -0.39 is 11.8 Å². The average molecular weight is 328 g/mol. The van der Waals surface area contributed by atoms with Crippen molar-refractivity contribution in [1.29, 1.82) is 0 Å². The number of allylic oxidation sites excluding steroid dienone is 2. The van der Waals surface area contributed by atoms with E-state index in [4.69, 9.17) is 16.6 Å². The molecule has 0 unspecified atom stereocenters. The van der Waals surface area contributed by atoms with E-state index in [-0.39, 0.29) is 23.8 Å². The summed E-state index contributed by atoms with van der Waals surface area (Å²) in [5.74, 6) is -0.257. The normalized spacial score (nSPS) is 15.5. The van der Waals surface area contributed by atoms with Gasteiger partial charge in [0.1, 0.15) is 11.3 Å². The number of thiocarbonyl (C=S) groups is 1. The molecule has 0 saturated carbocycles. The Bertz CT molecular complexity index is 667. The lowest BCUT2D eigenvalue weighted by Gasteiger charge is -2.35. The molecular formula is C17H16N2O3S. The van der Waals surface area contributed by atoms with E-state index in [9.17, 15) is 9.59 Å². The van der Waals surface area contributed by atoms with Crippen molar-refractivity contribution in [2.24, 2.45) is 0 Å². The molecular weight excluding hydrogens is 312 g/mol. The van der Waals surface area contributed by atoms with Gasteiger partial charge in [0.25, 0.3) is 11.8 Å². The highest BCUT2D eigenvalue weighted by Gasteiger charge is 2.37. The van der Waals surface area contributed by atoms with Crippen LogP contribution in [0.4, 0.5) is 0 Å². The van der Waals surface area contributed by atoms with Gasteiger partial charge in [0.15, 0.2) is 5.11 Å². The van der Waals surface area contributed by atoms with Crippen LogP contribution in [0.25, 0.3) is 6.08 Å². The summed E-state index contributed by atoms with van der Waals surface area (Å²) in [6.45, 7) is 7.69. The van der Waals surface area contributed by atoms with Crippen LogP contribution < -0.4 is 0 Å². The predicted octanol–water partition coefficient (Wildman–Crippen LogP) is 2.55. The molecule has 0 aromatic carbocycles. The van der Waals surface area contributed by atoms with Crippen molar-refractivity contribution < 1.29 is 14.0 Å². The highest BCUT2D eigenvalue weighted by atomic mass is 32.1. The molecule has 0 atom stereocenters. The highest BCUT2D eigenvalue weighted by molar-refractivity contribution is 7.80. The number of hydrogen-bond donors (Lipinski definition) is 0. The maximum atomic E-state index is 12.5. The number of carbonyl (C=O) groups is 2. The molecule has 1 fully saturated rings. The van der Waals surface area contributed by atoms with Gasteiger partial charge in [0.2, 0.25) is 0 Å². The van der Waals surface area contributed by atoms with Gasteiger partial charge in [-0.25, -0.2) is 0 Å². The van der Waals surface area contributed by atoms with Crippen molar-refractivity contribution in [2.75, 3.05) is 13.1 Å². The van der Waals surface area contributed by atoms with E-state index >= 15 is 0 Å². The Morgan fingerprint density at radius 2 is 1.74 bits per heavy atom. The fourth-order valence-electron chi connectivity index (χ4n) is 2.05. The third-order valence-corrected chi connectivity index (χ3v) is 3.54. The van der Waals surface area contributed by atoms with E-state index in [1.54, 1.807) is 42.7 Å². The van der Waals surface area contributed by atoms with Gasteiger partial charge in [-0.1, -0.05) is 18.2 Å². The van der Waals surface area contributed by atoms with Crippen LogP contribution in [0.5, 0.6) is 0 Å². The van der Waals surface area contributed by atoms with E-state index in [1.165, 1.54) is 15.9 Å². The summed E-state index contributed by atoms with van der Waals surface area (Å²) in [5, 5.41) is 0.159. The third-order valence-electron chi connectivity index (χ3n) is 3.10. The Morgan fingerprint density at radius 3 is 2.22 bits per heavy atom. The molecule has 1 aliphatic heterocycles. The Morgan fingerprint density at radius 1 is 1.13 bits per heavy atom. The summed E-state index contributed by atoms with van der Waals surface area (Å²) in [5.41, 5.74) is 0.0325. The lowest BCUT2D eigenvalue weighted by atomic mass is 10.1. The standard InChI is InChI=1S/C17H16N2O3S/c1-3-10-18-15(20)14(9-5-7-13-8-6-12-22-13)16(21)19(11-4-2)17(18)23/h3-9,12H,1-2,10-11H2. The van der Waals surface area contributed by atoms with Crippen molar-refractivity contribution in [3.05, 3.63) is 67.2 Å². The SMILES string of the molecule is C=CCN1C(=O)C(=CC=Cc2ccco2)C(=O)N(CC=C)C1=S. The average Bonchev–Trinajstić information content (AvgIpc) is 3.05. The summed E-state index contributed by atoms with van der Waals surface area (Å²) in [7, 11) is 0. The largest absolute Gasteiger partial charge is 0.465 e. The zero-order chi connectivity index (χ0) is 16.8. The molecule has 0 spiro atoms. The lowest BCUT2D eigenvalue weighted by Crippen LogP contribution is -2.56. The number of carbonyl (C=O) groups excluding carboxylic acids is 2. The van der Waals surface area contributed by atoms with E-state index in [2.05, 4.69) is 13.2 Å². The number of hydrogen-bond acceptors (Lipinski definition) is 4. The van der Waals surface area contributed by atoms with E-state index in [0.717, 1.165) is 0 Å². The Balaban J connectivity index is 2.33. The van der Waals surface area contributed by atoms with Crippen molar-refractivity contribution >= 4 is 35.2 Å². The van der Waals surface area contributed by atoms with Gasteiger partial charge in [0.05, 0.1) is 6.26 Å². The minimum atomic E-state index is -0.440. The number of amides is 2. The fraction of sp³-hybridized carbons (Fsp3) is 0.118. The quantitative estimate of drug-likeness (QED) is 0.348. The van der Waals surface area contributed by atoms with Crippen molar-refractivity contribution in [3.8, 4) is 0 Å². The van der Waals surface area contributed by atoms with Gasteiger partial charge in [-0.3, -0.25) is 19.4 Å². The van der Waals surface area contributed by atoms with Gasteiger partial charge in [0, 0.05) is 13.1 Å². The van der Waals surface area contributed by atoms with Crippen LogP contribution in [-0.2, 0) is 9.59 Å². The molecule has 0 bridgehead atoms. The predicted molar refractivity (Wildman–Crippen MR) is 92.2 cm³/mol. The summed E-state index contributed by atoms with van der Waals surface area (Å²) < 4.78 is 5.16. The third kappa shape index (κ3) is 3.54. The van der Waals surface area contributed by atoms with Crippen LogP contribution in [0.3, 0.4) is 0 Å². The second kappa shape index (κ2) is 7.51. The maximum absolute atomic E-state index is 12.5. The molecule has 1 aromatic rings. The minimum absolute atomic E-state index is 0.0325. The second-order valence-corrected chi connectivity index (χ2v) is 5.01. The fourth-order valence-corrected chi connectivity index (χ4v) is 2.36. The van der Waals surface area contributed by atoms with Gasteiger partial charge < -0.3 is 4.42 Å². The van der Waals surface area contributed by atoms with Gasteiger partial charge in [-0.05, 0) is 36.5 Å². The molecule has 23 heavy (non-hydrogen) atoms. The molecule has 2 amide bonds. The lowest BCUT2D eigenvalue weighted by molar-refractivity contribution is -0.133. The molecule has 1 saturated heterocycles. The van der Waals surface area contributed by atoms with Crippen LogP contribution in [0.15, 0.2) is 65.8 Å². The van der Waals surface area contributed by atoms with Gasteiger partial charge in [-0.2, -0.15) is 0 Å². The first-order chi connectivity index (χ1) is 11.1. The van der Waals surface area contributed by atoms with Crippen LogP contribution >= 0.6 is 12.2 Å². The Labute approximate surface area is 139 Å². The zero-order valence-corrected chi connectivity index (χ0v) is 13.3. The van der Waals surface area contributed by atoms with Gasteiger partial charge >= 0.3 is 0 Å². The summed E-state index contributed by atoms with van der Waals surface area (Å²) in [6, 6.07) is 3.52. The Hall–Kier alpha value is -2.73. The van der Waals surface area contributed by atoms with Crippen molar-refractivity contribution in [3.63, 3.8) is 0 Å². The second-order valence-electron chi connectivity index (χ2n) is 4.65. The zero-order valence-electron chi connectivity index (χ0n) is 12.5. The number of furan rings is 1. The first kappa shape index (κ1) is 16.6. The molecule has 0 N–H and O–H groups in total. The summed E-state index contributed by atoms with van der Waals surface area (Å²) in [6.07, 6.45) is 9.37. The van der Waals surface area contributed by atoms with Crippen LogP contribution in [0.1, 0.15) is 5.76 Å². The number of rotatable bonds is 6. The molecule has 2 rings (SSSR count). The first-order valence-corrected chi connectivity index (χ1v) is 7.32. The van der Waals surface area contributed by atoms with E-state index in [1.807, 2.05) is 0 Å².